The fourth-order valence-corrected chi connectivity index (χ4v) is 6.10. The summed E-state index contributed by atoms with van der Waals surface area (Å²) in [5, 5.41) is 0.270. The van der Waals surface area contributed by atoms with Crippen LogP contribution in [0.1, 0.15) is 25.3 Å². The highest BCUT2D eigenvalue weighted by atomic mass is 35.5. The van der Waals surface area contributed by atoms with Crippen molar-refractivity contribution in [1.29, 1.82) is 0 Å². The number of imidazole rings is 1. The van der Waals surface area contributed by atoms with E-state index < -0.39 is 63.1 Å². The minimum absolute atomic E-state index is 0.00382. The maximum Gasteiger partial charge on any atom is 0.387 e. The van der Waals surface area contributed by atoms with E-state index in [9.17, 15) is 34.8 Å². The van der Waals surface area contributed by atoms with Crippen LogP contribution >= 0.6 is 11.6 Å². The predicted octanol–water partition coefficient (Wildman–Crippen LogP) is 4.85. The summed E-state index contributed by atoms with van der Waals surface area (Å²) in [4.78, 5) is 2.34. The third-order valence-corrected chi connectivity index (χ3v) is 7.85. The van der Waals surface area contributed by atoms with Crippen molar-refractivity contribution in [3.63, 3.8) is 0 Å². The van der Waals surface area contributed by atoms with Crippen molar-refractivity contribution in [3.8, 4) is 5.75 Å². The Morgan fingerprint density at radius 1 is 1.09 bits per heavy atom. The number of nitrogens with two attached hydrogens (primary N) is 1. The molecule has 190 valence electrons. The SMILES string of the molecule is Nc1nc2cccc(Cl)c2n1[C@@H]1CCCCN(S(=O)(=O)c2c(F)c(F)c(F)c(F)c2OC(F)F)C1. The summed E-state index contributed by atoms with van der Waals surface area (Å²) in [5.74, 6) is -11.7. The molecule has 0 radical (unpaired) electrons. The third kappa shape index (κ3) is 4.38. The molecule has 2 aromatic carbocycles. The van der Waals surface area contributed by atoms with Gasteiger partial charge in [0.05, 0.1) is 22.1 Å². The first-order valence-corrected chi connectivity index (χ1v) is 12.0. The van der Waals surface area contributed by atoms with Crippen molar-refractivity contribution in [1.82, 2.24) is 13.9 Å². The molecule has 1 saturated heterocycles. The Labute approximate surface area is 200 Å². The van der Waals surface area contributed by atoms with E-state index in [-0.39, 0.29) is 23.9 Å². The molecule has 0 spiro atoms. The van der Waals surface area contributed by atoms with Gasteiger partial charge in [0.25, 0.3) is 0 Å². The zero-order valence-corrected chi connectivity index (χ0v) is 19.2. The molecule has 15 heteroatoms. The minimum atomic E-state index is -5.21. The quantitative estimate of drug-likeness (QED) is 0.283. The maximum absolute atomic E-state index is 14.6. The van der Waals surface area contributed by atoms with Gasteiger partial charge in [-0.2, -0.15) is 17.5 Å². The second kappa shape index (κ2) is 9.39. The van der Waals surface area contributed by atoms with Gasteiger partial charge in [-0.25, -0.2) is 26.6 Å². The zero-order chi connectivity index (χ0) is 25.7. The molecule has 1 atom stereocenters. The van der Waals surface area contributed by atoms with E-state index in [1.54, 1.807) is 18.2 Å². The van der Waals surface area contributed by atoms with Gasteiger partial charge in [0.15, 0.2) is 22.3 Å². The van der Waals surface area contributed by atoms with Gasteiger partial charge < -0.3 is 15.0 Å². The van der Waals surface area contributed by atoms with Gasteiger partial charge in [0.2, 0.25) is 27.6 Å². The molecule has 0 saturated carbocycles. The molecule has 0 amide bonds. The van der Waals surface area contributed by atoms with Gasteiger partial charge in [-0.1, -0.05) is 24.1 Å². The van der Waals surface area contributed by atoms with Crippen LogP contribution in [-0.2, 0) is 10.0 Å². The van der Waals surface area contributed by atoms with E-state index in [4.69, 9.17) is 17.3 Å². The molecule has 1 aromatic heterocycles. The average molecular weight is 543 g/mol. The van der Waals surface area contributed by atoms with Crippen LogP contribution < -0.4 is 10.5 Å². The number of nitrogen functional groups attached to an aromatic ring is 1. The number of halogens is 7. The van der Waals surface area contributed by atoms with Gasteiger partial charge in [-0.15, -0.1) is 0 Å². The highest BCUT2D eigenvalue weighted by Gasteiger charge is 2.40. The number of hydrogen-bond acceptors (Lipinski definition) is 5. The van der Waals surface area contributed by atoms with Crippen molar-refractivity contribution < 1.29 is 39.5 Å². The lowest BCUT2D eigenvalue weighted by molar-refractivity contribution is -0.0551. The molecule has 0 unspecified atom stereocenters. The summed E-state index contributed by atoms with van der Waals surface area (Å²) in [6.45, 7) is -4.51. The van der Waals surface area contributed by atoms with Crippen molar-refractivity contribution in [2.45, 2.75) is 36.8 Å². The van der Waals surface area contributed by atoms with Crippen molar-refractivity contribution in [2.75, 3.05) is 18.8 Å². The van der Waals surface area contributed by atoms with Gasteiger partial charge in [-0.3, -0.25) is 0 Å². The van der Waals surface area contributed by atoms with E-state index in [2.05, 4.69) is 9.72 Å². The molecule has 0 bridgehead atoms. The number of alkyl halides is 2. The summed E-state index contributed by atoms with van der Waals surface area (Å²) >= 11 is 6.29. The van der Waals surface area contributed by atoms with Crippen LogP contribution in [0.5, 0.6) is 5.75 Å². The molecule has 2 N–H and O–H groups in total. The number of nitrogens with zero attached hydrogens (tertiary/aromatic N) is 3. The molecule has 4 rings (SSSR count). The Balaban J connectivity index is 1.83. The standard InChI is InChI=1S/C20H17ClF6N4O3S/c21-10-5-3-6-11-16(10)31(20(28)29-11)9-4-1-2-7-30(8-9)35(32,33)18-15(25)13(23)12(22)14(24)17(18)34-19(26)27/h3,5-6,9,19H,1-2,4,7-8H2,(H2,28,29)/t9-/m1/s1. The number of aromatic nitrogens is 2. The first kappa shape index (κ1) is 25.4. The summed E-state index contributed by atoms with van der Waals surface area (Å²) in [6, 6.07) is 4.12. The maximum atomic E-state index is 14.6. The van der Waals surface area contributed by atoms with Crippen LogP contribution in [0.25, 0.3) is 11.0 Å². The molecule has 1 aliphatic rings. The molecular formula is C20H17ClF6N4O3S. The van der Waals surface area contributed by atoms with E-state index >= 15 is 0 Å². The Kier molecular flexibility index (Phi) is 6.81. The Bertz CT molecular complexity index is 1400. The number of sulfonamides is 1. The predicted molar refractivity (Wildman–Crippen MR) is 114 cm³/mol. The topological polar surface area (TPSA) is 90.5 Å². The lowest BCUT2D eigenvalue weighted by atomic mass is 10.1. The number of rotatable bonds is 5. The summed E-state index contributed by atoms with van der Waals surface area (Å²) in [7, 11) is -5.21. The average Bonchev–Trinajstić information content (AvgIpc) is 2.95. The van der Waals surface area contributed by atoms with Crippen LogP contribution in [0.3, 0.4) is 0 Å². The second-order valence-electron chi connectivity index (χ2n) is 7.75. The largest absolute Gasteiger partial charge is 0.430 e. The van der Waals surface area contributed by atoms with Crippen LogP contribution in [0.4, 0.5) is 32.3 Å². The van der Waals surface area contributed by atoms with E-state index in [0.29, 0.717) is 28.2 Å². The number of fused-ring (bicyclic) bond motifs is 1. The van der Waals surface area contributed by atoms with E-state index in [1.807, 2.05) is 0 Å². The van der Waals surface area contributed by atoms with Crippen LogP contribution in [-0.4, -0.2) is 42.0 Å². The number of hydrogen-bond donors (Lipinski definition) is 1. The first-order valence-electron chi connectivity index (χ1n) is 10.2. The fourth-order valence-electron chi connectivity index (χ4n) is 4.15. The van der Waals surface area contributed by atoms with Gasteiger partial charge in [-0.05, 0) is 25.0 Å². The lowest BCUT2D eigenvalue weighted by Gasteiger charge is -2.27. The van der Waals surface area contributed by atoms with Crippen LogP contribution in [0, 0.1) is 23.3 Å². The summed E-state index contributed by atoms with van der Waals surface area (Å²) in [6.07, 6.45) is 1.05. The molecule has 1 aliphatic heterocycles. The molecule has 1 fully saturated rings. The van der Waals surface area contributed by atoms with Gasteiger partial charge in [0, 0.05) is 13.1 Å². The molecule has 35 heavy (non-hydrogen) atoms. The normalized spacial score (nSPS) is 17.8. The fraction of sp³-hybridized carbons (Fsp3) is 0.350. The third-order valence-electron chi connectivity index (χ3n) is 5.65. The molecule has 3 aromatic rings. The number of benzene rings is 2. The van der Waals surface area contributed by atoms with Crippen molar-refractivity contribution in [3.05, 3.63) is 46.5 Å². The first-order chi connectivity index (χ1) is 16.4. The summed E-state index contributed by atoms with van der Waals surface area (Å²) in [5.41, 5.74) is 6.88. The van der Waals surface area contributed by atoms with Crippen LogP contribution in [0.2, 0.25) is 5.02 Å². The molecule has 0 aliphatic carbocycles. The Morgan fingerprint density at radius 2 is 1.77 bits per heavy atom. The van der Waals surface area contributed by atoms with Gasteiger partial charge in [0.1, 0.15) is 0 Å². The zero-order valence-electron chi connectivity index (χ0n) is 17.6. The van der Waals surface area contributed by atoms with Crippen molar-refractivity contribution in [2.24, 2.45) is 0 Å². The summed E-state index contributed by atoms with van der Waals surface area (Å²) < 4.78 is 115. The smallest absolute Gasteiger partial charge is 0.387 e. The Hall–Kier alpha value is -2.71. The molecule has 7 nitrogen and oxygen atoms in total. The number of para-hydroxylation sites is 1. The minimum Gasteiger partial charge on any atom is -0.430 e. The van der Waals surface area contributed by atoms with Crippen LogP contribution in [0.15, 0.2) is 23.1 Å². The molecular weight excluding hydrogens is 526 g/mol. The van der Waals surface area contributed by atoms with E-state index in [0.717, 1.165) is 0 Å². The highest BCUT2D eigenvalue weighted by molar-refractivity contribution is 7.89. The number of anilines is 1. The highest BCUT2D eigenvalue weighted by Crippen LogP contribution is 2.39. The van der Waals surface area contributed by atoms with E-state index in [1.165, 1.54) is 4.57 Å². The van der Waals surface area contributed by atoms with Gasteiger partial charge >= 0.3 is 6.61 Å². The van der Waals surface area contributed by atoms with Crippen molar-refractivity contribution >= 4 is 38.6 Å². The molecule has 2 heterocycles. The second-order valence-corrected chi connectivity index (χ2v) is 10.0. The monoisotopic (exact) mass is 542 g/mol. The lowest BCUT2D eigenvalue weighted by Crippen LogP contribution is -2.36. The number of ether oxygens (including phenoxy) is 1. The Morgan fingerprint density at radius 3 is 2.46 bits per heavy atom.